The zero-order valence-corrected chi connectivity index (χ0v) is 16.0. The molecule has 0 unspecified atom stereocenters. The van der Waals surface area contributed by atoms with E-state index in [9.17, 15) is 8.42 Å². The quantitative estimate of drug-likeness (QED) is 0.721. The normalized spacial score (nSPS) is 14.6. The molecular formula is C20H26N2O3S. The molecule has 6 heteroatoms. The molecule has 3 rings (SSSR count). The Labute approximate surface area is 156 Å². The number of rotatable bonds is 8. The Morgan fingerprint density at radius 1 is 1.00 bits per heavy atom. The van der Waals surface area contributed by atoms with E-state index in [1.54, 1.807) is 31.4 Å². The molecule has 1 N–H and O–H groups in total. The van der Waals surface area contributed by atoms with Crippen LogP contribution in [0.2, 0.25) is 0 Å². The highest BCUT2D eigenvalue weighted by atomic mass is 32.2. The number of nitrogens with zero attached hydrogens (tertiary/aromatic N) is 1. The van der Waals surface area contributed by atoms with Crippen LogP contribution >= 0.6 is 0 Å². The molecule has 0 spiro atoms. The van der Waals surface area contributed by atoms with Gasteiger partial charge in [-0.3, -0.25) is 0 Å². The number of sulfonamides is 1. The molecule has 1 fully saturated rings. The average molecular weight is 375 g/mol. The third-order valence-electron chi connectivity index (χ3n) is 4.71. The van der Waals surface area contributed by atoms with Crippen molar-refractivity contribution in [1.82, 2.24) is 4.72 Å². The smallest absolute Gasteiger partial charge is 0.240 e. The van der Waals surface area contributed by atoms with Crippen LogP contribution < -0.4 is 14.4 Å². The van der Waals surface area contributed by atoms with E-state index in [2.05, 4.69) is 33.9 Å². The molecule has 2 aromatic rings. The van der Waals surface area contributed by atoms with Crippen molar-refractivity contribution in [1.29, 1.82) is 0 Å². The lowest BCUT2D eigenvalue weighted by Gasteiger charge is -2.17. The molecule has 2 aromatic carbocycles. The molecular weight excluding hydrogens is 348 g/mol. The van der Waals surface area contributed by atoms with E-state index in [4.69, 9.17) is 4.74 Å². The molecule has 1 saturated heterocycles. The van der Waals surface area contributed by atoms with Gasteiger partial charge in [0.15, 0.2) is 0 Å². The molecule has 140 valence electrons. The van der Waals surface area contributed by atoms with Crippen LogP contribution in [0.15, 0.2) is 53.4 Å². The summed E-state index contributed by atoms with van der Waals surface area (Å²) in [5.74, 6) is 0.640. The lowest BCUT2D eigenvalue weighted by molar-refractivity contribution is 0.414. The summed E-state index contributed by atoms with van der Waals surface area (Å²) in [6.45, 7) is 2.71. The number of benzene rings is 2. The van der Waals surface area contributed by atoms with Gasteiger partial charge >= 0.3 is 0 Å². The first-order chi connectivity index (χ1) is 12.6. The highest BCUT2D eigenvalue weighted by molar-refractivity contribution is 7.89. The molecule has 0 atom stereocenters. The highest BCUT2D eigenvalue weighted by Gasteiger charge is 2.14. The number of anilines is 1. The highest BCUT2D eigenvalue weighted by Crippen LogP contribution is 2.21. The van der Waals surface area contributed by atoms with Crippen molar-refractivity contribution < 1.29 is 13.2 Å². The van der Waals surface area contributed by atoms with Crippen molar-refractivity contribution >= 4 is 15.7 Å². The summed E-state index contributed by atoms with van der Waals surface area (Å²) in [6, 6.07) is 15.0. The Hall–Kier alpha value is -2.05. The Balaban J connectivity index is 1.46. The molecule has 0 bridgehead atoms. The van der Waals surface area contributed by atoms with Gasteiger partial charge < -0.3 is 9.64 Å². The van der Waals surface area contributed by atoms with Crippen molar-refractivity contribution in [3.05, 3.63) is 54.1 Å². The number of ether oxygens (including phenoxy) is 1. The van der Waals surface area contributed by atoms with Gasteiger partial charge in [0.05, 0.1) is 12.0 Å². The summed E-state index contributed by atoms with van der Waals surface area (Å²) in [5, 5.41) is 0. The van der Waals surface area contributed by atoms with Gasteiger partial charge in [-0.1, -0.05) is 12.1 Å². The summed E-state index contributed by atoms with van der Waals surface area (Å²) in [7, 11) is -1.91. The maximum absolute atomic E-state index is 12.3. The van der Waals surface area contributed by atoms with Gasteiger partial charge in [0.25, 0.3) is 0 Å². The predicted molar refractivity (Wildman–Crippen MR) is 104 cm³/mol. The van der Waals surface area contributed by atoms with Gasteiger partial charge in [-0.25, -0.2) is 13.1 Å². The molecule has 0 radical (unpaired) electrons. The molecule has 0 aromatic heterocycles. The SMILES string of the molecule is COc1ccc(S(=O)(=O)NCCCc2ccc(N3CCCC3)cc2)cc1. The molecule has 5 nitrogen and oxygen atoms in total. The Morgan fingerprint density at radius 2 is 1.65 bits per heavy atom. The summed E-state index contributed by atoms with van der Waals surface area (Å²) >= 11 is 0. The second kappa shape index (κ2) is 8.56. The zero-order valence-electron chi connectivity index (χ0n) is 15.1. The van der Waals surface area contributed by atoms with Crippen LogP contribution in [0.1, 0.15) is 24.8 Å². The maximum Gasteiger partial charge on any atom is 0.240 e. The summed E-state index contributed by atoms with van der Waals surface area (Å²) in [4.78, 5) is 2.67. The molecule has 1 aliphatic rings. The molecule has 0 aliphatic carbocycles. The van der Waals surface area contributed by atoms with E-state index in [0.29, 0.717) is 12.3 Å². The predicted octanol–water partition coefficient (Wildman–Crippen LogP) is 3.21. The first-order valence-corrected chi connectivity index (χ1v) is 10.5. The standard InChI is InChI=1S/C20H26N2O3S/c1-25-19-10-12-20(13-11-19)26(23,24)21-14-4-5-17-6-8-18(9-7-17)22-15-2-3-16-22/h6-13,21H,2-5,14-16H2,1H3. The molecule has 1 heterocycles. The number of aryl methyl sites for hydroxylation is 1. The fraction of sp³-hybridized carbons (Fsp3) is 0.400. The van der Waals surface area contributed by atoms with E-state index in [-0.39, 0.29) is 4.90 Å². The van der Waals surface area contributed by atoms with Crippen LogP contribution in [0.5, 0.6) is 5.75 Å². The number of hydrogen-bond acceptors (Lipinski definition) is 4. The van der Waals surface area contributed by atoms with Crippen LogP contribution in [0.4, 0.5) is 5.69 Å². The van der Waals surface area contributed by atoms with Gasteiger partial charge in [0.1, 0.15) is 5.75 Å². The molecule has 0 amide bonds. The van der Waals surface area contributed by atoms with Crippen molar-refractivity contribution in [2.24, 2.45) is 0 Å². The monoisotopic (exact) mass is 374 g/mol. The molecule has 1 aliphatic heterocycles. The zero-order chi connectivity index (χ0) is 18.4. The average Bonchev–Trinajstić information content (AvgIpc) is 3.20. The van der Waals surface area contributed by atoms with E-state index in [0.717, 1.165) is 25.9 Å². The van der Waals surface area contributed by atoms with E-state index in [1.807, 2.05) is 0 Å². The fourth-order valence-corrected chi connectivity index (χ4v) is 4.26. The largest absolute Gasteiger partial charge is 0.497 e. The van der Waals surface area contributed by atoms with Crippen molar-refractivity contribution in [3.8, 4) is 5.75 Å². The first kappa shape index (κ1) is 18.7. The van der Waals surface area contributed by atoms with Gasteiger partial charge in [0, 0.05) is 25.3 Å². The third kappa shape index (κ3) is 4.77. The van der Waals surface area contributed by atoms with Crippen molar-refractivity contribution in [3.63, 3.8) is 0 Å². The van der Waals surface area contributed by atoms with Crippen LogP contribution in [-0.2, 0) is 16.4 Å². The van der Waals surface area contributed by atoms with Crippen molar-refractivity contribution in [2.45, 2.75) is 30.6 Å². The minimum absolute atomic E-state index is 0.258. The van der Waals surface area contributed by atoms with Gasteiger partial charge in [-0.2, -0.15) is 0 Å². The topological polar surface area (TPSA) is 58.6 Å². The van der Waals surface area contributed by atoms with Gasteiger partial charge in [-0.15, -0.1) is 0 Å². The van der Waals surface area contributed by atoms with Gasteiger partial charge in [-0.05, 0) is 67.6 Å². The Bertz CT molecular complexity index is 796. The van der Waals surface area contributed by atoms with E-state index >= 15 is 0 Å². The fourth-order valence-electron chi connectivity index (χ4n) is 3.19. The third-order valence-corrected chi connectivity index (χ3v) is 6.19. The molecule has 0 saturated carbocycles. The van der Waals surface area contributed by atoms with Crippen LogP contribution in [0, 0.1) is 0 Å². The maximum atomic E-state index is 12.3. The van der Waals surface area contributed by atoms with E-state index < -0.39 is 10.0 Å². The summed E-state index contributed by atoms with van der Waals surface area (Å²) in [6.07, 6.45) is 4.16. The minimum Gasteiger partial charge on any atom is -0.497 e. The number of nitrogens with one attached hydrogen (secondary N) is 1. The van der Waals surface area contributed by atoms with Crippen LogP contribution in [0.3, 0.4) is 0 Å². The first-order valence-electron chi connectivity index (χ1n) is 9.06. The van der Waals surface area contributed by atoms with Gasteiger partial charge in [0.2, 0.25) is 10.0 Å². The lowest BCUT2D eigenvalue weighted by Crippen LogP contribution is -2.25. The second-order valence-corrected chi connectivity index (χ2v) is 8.30. The minimum atomic E-state index is -3.47. The molecule has 26 heavy (non-hydrogen) atoms. The lowest BCUT2D eigenvalue weighted by atomic mass is 10.1. The summed E-state index contributed by atoms with van der Waals surface area (Å²) < 4.78 is 32.3. The van der Waals surface area contributed by atoms with Crippen LogP contribution in [0.25, 0.3) is 0 Å². The second-order valence-electron chi connectivity index (χ2n) is 6.54. The number of hydrogen-bond donors (Lipinski definition) is 1. The van der Waals surface area contributed by atoms with E-state index in [1.165, 1.54) is 24.1 Å². The van der Waals surface area contributed by atoms with Crippen molar-refractivity contribution in [2.75, 3.05) is 31.6 Å². The Morgan fingerprint density at radius 3 is 2.27 bits per heavy atom. The Kier molecular flexibility index (Phi) is 6.16. The summed E-state index contributed by atoms with van der Waals surface area (Å²) in [5.41, 5.74) is 2.52. The van der Waals surface area contributed by atoms with Crippen LogP contribution in [-0.4, -0.2) is 35.2 Å². The number of methoxy groups -OCH3 is 1.